The maximum absolute atomic E-state index is 12.5. The van der Waals surface area contributed by atoms with E-state index < -0.39 is 29.7 Å². The van der Waals surface area contributed by atoms with Crippen LogP contribution in [0.2, 0.25) is 5.02 Å². The largest absolute Gasteiger partial charge is 0.472 e. The SMILES string of the molecule is CC(=O)C(C)(N=O)C(=O)COC(=O)c1cc(C)c(Cl)cc1NCc1ccoc1. The minimum atomic E-state index is -2.08. The summed E-state index contributed by atoms with van der Waals surface area (Å²) in [4.78, 5) is 47.0. The van der Waals surface area contributed by atoms with Crippen molar-refractivity contribution >= 4 is 34.8 Å². The molecule has 1 N–H and O–H groups in total. The zero-order valence-electron chi connectivity index (χ0n) is 15.6. The van der Waals surface area contributed by atoms with Gasteiger partial charge in [0, 0.05) is 17.1 Å². The topological polar surface area (TPSA) is 115 Å². The molecule has 2 rings (SSSR count). The number of ketones is 2. The predicted molar refractivity (Wildman–Crippen MR) is 102 cm³/mol. The quantitative estimate of drug-likeness (QED) is 0.383. The van der Waals surface area contributed by atoms with E-state index in [4.69, 9.17) is 20.8 Å². The Kier molecular flexibility index (Phi) is 6.69. The van der Waals surface area contributed by atoms with Crippen LogP contribution >= 0.6 is 11.6 Å². The highest BCUT2D eigenvalue weighted by Gasteiger charge is 2.40. The number of ether oxygens (including phenoxy) is 1. The van der Waals surface area contributed by atoms with Crippen molar-refractivity contribution < 1.29 is 23.5 Å². The first-order valence-corrected chi connectivity index (χ1v) is 8.68. The van der Waals surface area contributed by atoms with Crippen molar-refractivity contribution in [1.82, 2.24) is 0 Å². The van der Waals surface area contributed by atoms with Crippen LogP contribution in [-0.2, 0) is 20.9 Å². The smallest absolute Gasteiger partial charge is 0.340 e. The summed E-state index contributed by atoms with van der Waals surface area (Å²) in [5.41, 5.74) is -0.0465. The molecule has 1 aromatic carbocycles. The molecule has 0 aliphatic rings. The van der Waals surface area contributed by atoms with Crippen molar-refractivity contribution in [1.29, 1.82) is 0 Å². The second kappa shape index (κ2) is 8.79. The van der Waals surface area contributed by atoms with Crippen LogP contribution in [0.15, 0.2) is 40.3 Å². The number of esters is 1. The van der Waals surface area contributed by atoms with Crippen LogP contribution in [0.4, 0.5) is 5.69 Å². The Labute approximate surface area is 166 Å². The number of rotatable bonds is 9. The lowest BCUT2D eigenvalue weighted by Gasteiger charge is -2.17. The van der Waals surface area contributed by atoms with Crippen LogP contribution in [0.1, 0.15) is 35.3 Å². The van der Waals surface area contributed by atoms with Crippen molar-refractivity contribution in [3.63, 3.8) is 0 Å². The number of benzene rings is 1. The Morgan fingerprint density at radius 3 is 2.61 bits per heavy atom. The molecule has 0 aliphatic carbocycles. The zero-order chi connectivity index (χ0) is 20.9. The lowest BCUT2D eigenvalue weighted by Crippen LogP contribution is -2.42. The minimum absolute atomic E-state index is 0.154. The molecular formula is C19H19ClN2O6. The molecule has 0 bridgehead atoms. The number of carbonyl (C=O) groups excluding carboxylic acids is 3. The van der Waals surface area contributed by atoms with E-state index in [0.717, 1.165) is 19.4 Å². The first-order valence-electron chi connectivity index (χ1n) is 8.30. The second-order valence-electron chi connectivity index (χ2n) is 6.35. The maximum Gasteiger partial charge on any atom is 0.340 e. The number of Topliss-reactive ketones (excluding diaryl/α,β-unsaturated/α-hetero) is 2. The van der Waals surface area contributed by atoms with Gasteiger partial charge in [-0.3, -0.25) is 9.59 Å². The van der Waals surface area contributed by atoms with Crippen molar-refractivity contribution in [2.45, 2.75) is 32.9 Å². The number of nitroso groups, excluding NO2 is 1. The summed E-state index contributed by atoms with van der Waals surface area (Å²) in [5, 5.41) is 6.09. The third-order valence-electron chi connectivity index (χ3n) is 4.33. The average Bonchev–Trinajstić information content (AvgIpc) is 3.19. The minimum Gasteiger partial charge on any atom is -0.472 e. The number of nitrogens with zero attached hydrogens (tertiary/aromatic N) is 1. The van der Waals surface area contributed by atoms with Crippen LogP contribution in [-0.4, -0.2) is 29.7 Å². The van der Waals surface area contributed by atoms with Gasteiger partial charge in [-0.25, -0.2) is 4.79 Å². The van der Waals surface area contributed by atoms with Gasteiger partial charge < -0.3 is 14.5 Å². The highest BCUT2D eigenvalue weighted by Crippen LogP contribution is 2.26. The van der Waals surface area contributed by atoms with Gasteiger partial charge in [0.25, 0.3) is 0 Å². The molecule has 9 heteroatoms. The Morgan fingerprint density at radius 2 is 2.04 bits per heavy atom. The standard InChI is InChI=1S/C19H19ClN2O6/c1-11-6-14(16(7-15(11)20)21-8-13-4-5-27-9-13)18(25)28-10-17(24)19(3,22-26)12(2)23/h4-7,9,21H,8,10H2,1-3H3. The highest BCUT2D eigenvalue weighted by molar-refractivity contribution is 6.31. The number of nitrogens with one attached hydrogen (secondary N) is 1. The van der Waals surface area contributed by atoms with E-state index in [-0.39, 0.29) is 5.56 Å². The van der Waals surface area contributed by atoms with Crippen molar-refractivity contribution in [3.8, 4) is 0 Å². The van der Waals surface area contributed by atoms with E-state index in [0.29, 0.717) is 22.8 Å². The Hall–Kier alpha value is -3.00. The molecule has 148 valence electrons. The molecule has 0 aliphatic heterocycles. The van der Waals surface area contributed by atoms with Gasteiger partial charge in [-0.05, 0) is 49.7 Å². The maximum atomic E-state index is 12.5. The van der Waals surface area contributed by atoms with Crippen molar-refractivity contribution in [2.75, 3.05) is 11.9 Å². The average molecular weight is 407 g/mol. The summed E-state index contributed by atoms with van der Waals surface area (Å²) in [5.74, 6) is -2.44. The first kappa shape index (κ1) is 21.3. The normalized spacial score (nSPS) is 12.7. The summed E-state index contributed by atoms with van der Waals surface area (Å²) in [6.07, 6.45) is 3.07. The third kappa shape index (κ3) is 4.64. The van der Waals surface area contributed by atoms with E-state index in [1.807, 2.05) is 0 Å². The number of furan rings is 1. The fraction of sp³-hybridized carbons (Fsp3) is 0.316. The monoisotopic (exact) mass is 406 g/mol. The summed E-state index contributed by atoms with van der Waals surface area (Å²) < 4.78 is 10.0. The molecule has 0 spiro atoms. The van der Waals surface area contributed by atoms with Gasteiger partial charge in [0.15, 0.2) is 12.4 Å². The molecule has 1 atom stereocenters. The van der Waals surface area contributed by atoms with E-state index in [9.17, 15) is 19.3 Å². The lowest BCUT2D eigenvalue weighted by atomic mass is 9.94. The van der Waals surface area contributed by atoms with E-state index in [1.165, 1.54) is 12.3 Å². The third-order valence-corrected chi connectivity index (χ3v) is 4.73. The molecule has 0 fully saturated rings. The van der Waals surface area contributed by atoms with E-state index in [1.54, 1.807) is 25.3 Å². The number of aryl methyl sites for hydroxylation is 1. The van der Waals surface area contributed by atoms with Crippen LogP contribution < -0.4 is 5.32 Å². The van der Waals surface area contributed by atoms with Crippen LogP contribution in [0.5, 0.6) is 0 Å². The van der Waals surface area contributed by atoms with E-state index >= 15 is 0 Å². The highest BCUT2D eigenvalue weighted by atomic mass is 35.5. The van der Waals surface area contributed by atoms with Gasteiger partial charge in [0.1, 0.15) is 0 Å². The van der Waals surface area contributed by atoms with Gasteiger partial charge in [-0.15, -0.1) is 4.91 Å². The fourth-order valence-electron chi connectivity index (χ4n) is 2.25. The number of hydrogen-bond acceptors (Lipinski definition) is 8. The molecule has 2 aromatic rings. The molecule has 0 saturated heterocycles. The second-order valence-corrected chi connectivity index (χ2v) is 6.76. The summed E-state index contributed by atoms with van der Waals surface area (Å²) in [7, 11) is 0. The number of anilines is 1. The molecule has 0 amide bonds. The molecule has 0 saturated carbocycles. The fourth-order valence-corrected chi connectivity index (χ4v) is 2.41. The Morgan fingerprint density at radius 1 is 1.32 bits per heavy atom. The van der Waals surface area contributed by atoms with Gasteiger partial charge in [-0.1, -0.05) is 11.6 Å². The lowest BCUT2D eigenvalue weighted by molar-refractivity contribution is -0.134. The molecular weight excluding hydrogens is 388 g/mol. The molecule has 1 aromatic heterocycles. The Bertz CT molecular complexity index is 909. The molecule has 28 heavy (non-hydrogen) atoms. The summed E-state index contributed by atoms with van der Waals surface area (Å²) >= 11 is 6.14. The summed E-state index contributed by atoms with van der Waals surface area (Å²) in [6, 6.07) is 4.85. The molecule has 1 heterocycles. The number of carbonyl (C=O) groups is 3. The van der Waals surface area contributed by atoms with Crippen LogP contribution in [0, 0.1) is 11.8 Å². The van der Waals surface area contributed by atoms with Crippen molar-refractivity contribution in [2.24, 2.45) is 5.18 Å². The number of halogens is 1. The molecule has 0 radical (unpaired) electrons. The van der Waals surface area contributed by atoms with Crippen molar-refractivity contribution in [3.05, 3.63) is 57.3 Å². The van der Waals surface area contributed by atoms with E-state index in [2.05, 4.69) is 10.5 Å². The van der Waals surface area contributed by atoms with Gasteiger partial charge in [0.2, 0.25) is 11.3 Å². The van der Waals surface area contributed by atoms with Crippen LogP contribution in [0.25, 0.3) is 0 Å². The van der Waals surface area contributed by atoms with Crippen LogP contribution in [0.3, 0.4) is 0 Å². The van der Waals surface area contributed by atoms with Gasteiger partial charge in [0.05, 0.1) is 23.8 Å². The molecule has 1 unspecified atom stereocenters. The summed E-state index contributed by atoms with van der Waals surface area (Å²) in [6.45, 7) is 3.48. The number of hydrogen-bond donors (Lipinski definition) is 1. The molecule has 8 nitrogen and oxygen atoms in total. The van der Waals surface area contributed by atoms with Gasteiger partial charge in [-0.2, -0.15) is 0 Å². The predicted octanol–water partition coefficient (Wildman–Crippen LogP) is 3.69. The first-order chi connectivity index (χ1) is 13.2. The Balaban J connectivity index is 2.17. The van der Waals surface area contributed by atoms with Gasteiger partial charge >= 0.3 is 5.97 Å². The zero-order valence-corrected chi connectivity index (χ0v) is 16.3.